The van der Waals surface area contributed by atoms with Crippen molar-refractivity contribution in [2.45, 2.75) is 31.1 Å². The summed E-state index contributed by atoms with van der Waals surface area (Å²) < 4.78 is 39.3. The van der Waals surface area contributed by atoms with E-state index >= 15 is 0 Å². The second-order valence-electron chi connectivity index (χ2n) is 6.99. The lowest BCUT2D eigenvalue weighted by Crippen LogP contribution is -2.57. The fourth-order valence-corrected chi connectivity index (χ4v) is 3.66. The average Bonchev–Trinajstić information content (AvgIpc) is 2.66. The van der Waals surface area contributed by atoms with E-state index in [0.717, 1.165) is 43.4 Å². The van der Waals surface area contributed by atoms with E-state index < -0.39 is 17.3 Å². The second kappa shape index (κ2) is 6.88. The molecular weight excluding hydrogens is 353 g/mol. The molecule has 0 bridgehead atoms. The van der Waals surface area contributed by atoms with Gasteiger partial charge in [-0.1, -0.05) is 30.3 Å². The molecule has 2 heterocycles. The summed E-state index contributed by atoms with van der Waals surface area (Å²) in [5.41, 5.74) is 1.07. The maximum absolute atomic E-state index is 13.1. The van der Waals surface area contributed by atoms with Gasteiger partial charge < -0.3 is 16.0 Å². The zero-order valence-corrected chi connectivity index (χ0v) is 14.7. The molecule has 2 aliphatic heterocycles. The third kappa shape index (κ3) is 3.64. The van der Waals surface area contributed by atoms with Crippen molar-refractivity contribution in [2.24, 2.45) is 4.99 Å². The van der Waals surface area contributed by atoms with Crippen LogP contribution in [0.4, 0.5) is 24.5 Å². The van der Waals surface area contributed by atoms with E-state index in [-0.39, 0.29) is 0 Å². The number of aliphatic imine (C=N–C) groups is 1. The number of anilines is 2. The second-order valence-corrected chi connectivity index (χ2v) is 6.99. The largest absolute Gasteiger partial charge is 0.416 e. The lowest BCUT2D eigenvalue weighted by Gasteiger charge is -2.44. The molecule has 0 aromatic heterocycles. The molecule has 1 spiro atoms. The van der Waals surface area contributed by atoms with E-state index in [9.17, 15) is 13.2 Å². The van der Waals surface area contributed by atoms with Gasteiger partial charge in [0.15, 0.2) is 0 Å². The van der Waals surface area contributed by atoms with Gasteiger partial charge in [-0.15, -0.1) is 0 Å². The maximum Gasteiger partial charge on any atom is 0.416 e. The van der Waals surface area contributed by atoms with Crippen LogP contribution in [0.15, 0.2) is 53.5 Å². The number of halogens is 3. The van der Waals surface area contributed by atoms with Crippen LogP contribution >= 0.6 is 0 Å². The lowest BCUT2D eigenvalue weighted by atomic mass is 9.84. The van der Waals surface area contributed by atoms with Crippen LogP contribution in [-0.4, -0.2) is 24.5 Å². The minimum atomic E-state index is -4.36. The number of benzene rings is 2. The molecule has 4 rings (SSSR count). The van der Waals surface area contributed by atoms with Gasteiger partial charge in [0.2, 0.25) is 0 Å². The van der Waals surface area contributed by atoms with Crippen LogP contribution in [0.3, 0.4) is 0 Å². The van der Waals surface area contributed by atoms with Crippen molar-refractivity contribution in [3.63, 3.8) is 0 Å². The predicted octanol–water partition coefficient (Wildman–Crippen LogP) is 4.26. The first kappa shape index (κ1) is 17.9. The molecule has 0 saturated carbocycles. The minimum absolute atomic E-state index is 0.475. The molecule has 27 heavy (non-hydrogen) atoms. The Balaban J connectivity index is 1.69. The van der Waals surface area contributed by atoms with Gasteiger partial charge in [0.1, 0.15) is 5.84 Å². The van der Waals surface area contributed by atoms with Crippen molar-refractivity contribution in [1.29, 1.82) is 0 Å². The van der Waals surface area contributed by atoms with Crippen molar-refractivity contribution >= 4 is 17.2 Å². The van der Waals surface area contributed by atoms with E-state index in [1.54, 1.807) is 0 Å². The molecule has 0 radical (unpaired) electrons. The standard InChI is InChI=1S/C20H21F3N4/c21-20(22,23)15-6-7-16-17(12-15)27-19(8-10-24-11-9-19)18(26-16)25-13-14-4-2-1-3-5-14/h1-7,12,24,27H,8-11,13H2,(H,25,26). The minimum Gasteiger partial charge on any atom is -0.371 e. The number of hydrogen-bond acceptors (Lipinski definition) is 3. The summed E-state index contributed by atoms with van der Waals surface area (Å²) in [4.78, 5) is 4.79. The van der Waals surface area contributed by atoms with Crippen molar-refractivity contribution in [1.82, 2.24) is 5.32 Å². The summed E-state index contributed by atoms with van der Waals surface area (Å²) >= 11 is 0. The molecule has 0 aliphatic carbocycles. The van der Waals surface area contributed by atoms with E-state index in [1.807, 2.05) is 30.3 Å². The first-order valence-corrected chi connectivity index (χ1v) is 9.02. The molecule has 4 nitrogen and oxygen atoms in total. The first-order chi connectivity index (χ1) is 13.0. The Hall–Kier alpha value is -2.54. The highest BCUT2D eigenvalue weighted by molar-refractivity contribution is 6.09. The van der Waals surface area contributed by atoms with Crippen LogP contribution in [-0.2, 0) is 12.7 Å². The Morgan fingerprint density at radius 2 is 1.70 bits per heavy atom. The monoisotopic (exact) mass is 374 g/mol. The number of piperidine rings is 1. The molecule has 0 amide bonds. The number of nitrogens with one attached hydrogen (secondary N) is 3. The quantitative estimate of drug-likeness (QED) is 0.736. The average molecular weight is 374 g/mol. The van der Waals surface area contributed by atoms with Gasteiger partial charge in [-0.25, -0.2) is 0 Å². The van der Waals surface area contributed by atoms with Gasteiger partial charge in [-0.05, 0) is 49.7 Å². The van der Waals surface area contributed by atoms with Crippen molar-refractivity contribution in [3.05, 3.63) is 59.7 Å². The number of rotatable bonds is 2. The van der Waals surface area contributed by atoms with E-state index in [0.29, 0.717) is 17.9 Å². The van der Waals surface area contributed by atoms with Gasteiger partial charge in [0.05, 0.1) is 29.0 Å². The summed E-state index contributed by atoms with van der Waals surface area (Å²) in [5.74, 6) is 0.792. The Kier molecular flexibility index (Phi) is 4.55. The van der Waals surface area contributed by atoms with Crippen LogP contribution in [0.2, 0.25) is 0 Å². The van der Waals surface area contributed by atoms with Crippen LogP contribution in [0.25, 0.3) is 0 Å². The first-order valence-electron chi connectivity index (χ1n) is 9.02. The van der Waals surface area contributed by atoms with Crippen molar-refractivity contribution < 1.29 is 13.2 Å². The topological polar surface area (TPSA) is 48.5 Å². The zero-order chi connectivity index (χ0) is 18.9. The molecule has 1 fully saturated rings. The fraction of sp³-hybridized carbons (Fsp3) is 0.350. The van der Waals surface area contributed by atoms with E-state index in [2.05, 4.69) is 16.0 Å². The molecule has 7 heteroatoms. The molecule has 0 atom stereocenters. The summed E-state index contributed by atoms with van der Waals surface area (Å²) in [6, 6.07) is 13.7. The summed E-state index contributed by atoms with van der Waals surface area (Å²) in [6.07, 6.45) is -2.85. The number of hydrogen-bond donors (Lipinski definition) is 3. The summed E-state index contributed by atoms with van der Waals surface area (Å²) in [7, 11) is 0. The van der Waals surface area contributed by atoms with Gasteiger partial charge >= 0.3 is 6.18 Å². The van der Waals surface area contributed by atoms with Gasteiger partial charge in [0, 0.05) is 0 Å². The number of fused-ring (bicyclic) bond motifs is 1. The molecule has 1 saturated heterocycles. The normalized spacial score (nSPS) is 20.0. The highest BCUT2D eigenvalue weighted by Crippen LogP contribution is 2.40. The van der Waals surface area contributed by atoms with Crippen molar-refractivity contribution in [3.8, 4) is 0 Å². The lowest BCUT2D eigenvalue weighted by molar-refractivity contribution is -0.137. The molecular formula is C20H21F3N4. The Morgan fingerprint density at radius 1 is 0.963 bits per heavy atom. The van der Waals surface area contributed by atoms with E-state index in [1.165, 1.54) is 12.1 Å². The Morgan fingerprint density at radius 3 is 2.41 bits per heavy atom. The fourth-order valence-electron chi connectivity index (χ4n) is 3.66. The van der Waals surface area contributed by atoms with Crippen LogP contribution in [0, 0.1) is 0 Å². The smallest absolute Gasteiger partial charge is 0.371 e. The summed E-state index contributed by atoms with van der Waals surface area (Å²) in [6.45, 7) is 2.09. The molecule has 3 N–H and O–H groups in total. The third-order valence-corrected chi connectivity index (χ3v) is 5.15. The number of alkyl halides is 3. The Bertz CT molecular complexity index is 840. The van der Waals surface area contributed by atoms with E-state index in [4.69, 9.17) is 4.99 Å². The third-order valence-electron chi connectivity index (χ3n) is 5.15. The van der Waals surface area contributed by atoms with Crippen molar-refractivity contribution in [2.75, 3.05) is 23.7 Å². The van der Waals surface area contributed by atoms with Crippen LogP contribution in [0.1, 0.15) is 24.0 Å². The molecule has 2 aliphatic rings. The molecule has 2 aromatic rings. The highest BCUT2D eigenvalue weighted by atomic mass is 19.4. The van der Waals surface area contributed by atoms with Crippen LogP contribution < -0.4 is 16.0 Å². The number of amidine groups is 1. The zero-order valence-electron chi connectivity index (χ0n) is 14.7. The summed E-state index contributed by atoms with van der Waals surface area (Å²) in [5, 5.41) is 9.98. The molecule has 0 unspecified atom stereocenters. The SMILES string of the molecule is FC(F)(F)c1ccc2c(c1)NC1(CCNCC1)C(=NCc1ccccc1)N2. The number of nitrogens with zero attached hydrogens (tertiary/aromatic N) is 1. The molecule has 2 aromatic carbocycles. The van der Waals surface area contributed by atoms with Gasteiger partial charge in [-0.2, -0.15) is 13.2 Å². The van der Waals surface area contributed by atoms with Crippen LogP contribution in [0.5, 0.6) is 0 Å². The maximum atomic E-state index is 13.1. The molecule has 142 valence electrons. The Labute approximate surface area is 155 Å². The predicted molar refractivity (Wildman–Crippen MR) is 101 cm³/mol. The van der Waals surface area contributed by atoms with Gasteiger partial charge in [0.25, 0.3) is 0 Å². The highest BCUT2D eigenvalue weighted by Gasteiger charge is 2.42. The van der Waals surface area contributed by atoms with Gasteiger partial charge in [-0.3, -0.25) is 4.99 Å².